The largest absolute Gasteiger partial charge is 0.393 e. The Morgan fingerprint density at radius 2 is 1.31 bits per heavy atom. The van der Waals surface area contributed by atoms with Gasteiger partial charge in [0.05, 0.1) is 15.7 Å². The third-order valence-corrected chi connectivity index (χ3v) is 4.18. The molecule has 0 spiro atoms. The zero-order valence-corrected chi connectivity index (χ0v) is 14.5. The van der Waals surface area contributed by atoms with E-state index >= 15 is 0 Å². The van der Waals surface area contributed by atoms with Crippen molar-refractivity contribution in [3.8, 4) is 0 Å². The summed E-state index contributed by atoms with van der Waals surface area (Å²) in [5.74, 6) is -40.4. The second kappa shape index (κ2) is 7.60. The number of amides is 1. The molecule has 1 N–H and O–H groups in total. The minimum Gasteiger partial charge on any atom is -0.319 e. The molecule has 0 saturated carbocycles. The molecule has 0 saturated heterocycles. The summed E-state index contributed by atoms with van der Waals surface area (Å²) in [4.78, 5) is 11.3. The van der Waals surface area contributed by atoms with Crippen LogP contribution in [0.4, 0.5) is 58.4 Å². The number of carbonyl (C=O) groups excluding carboxylic acids is 1. The first kappa shape index (κ1) is 25.5. The van der Waals surface area contributed by atoms with Crippen LogP contribution in [0, 0.1) is 0 Å². The summed E-state index contributed by atoms with van der Waals surface area (Å²) in [5.41, 5.74) is -0.965. The number of alkyl halides is 12. The highest BCUT2D eigenvalue weighted by atomic mass is 35.5. The van der Waals surface area contributed by atoms with Gasteiger partial charge in [0, 0.05) is 0 Å². The number of hydrogen-bond acceptors (Lipinski definition) is 1. The first-order valence-corrected chi connectivity index (χ1v) is 7.45. The number of benzene rings is 1. The number of nitrogens with one attached hydrogen (secondary N) is 1. The van der Waals surface area contributed by atoms with Crippen molar-refractivity contribution >= 4 is 34.8 Å². The molecule has 1 amide bonds. The monoisotopic (exact) mass is 489 g/mol. The van der Waals surface area contributed by atoms with Crippen LogP contribution in [0.2, 0.25) is 10.0 Å². The molecule has 1 aromatic rings. The first-order chi connectivity index (χ1) is 12.8. The summed E-state index contributed by atoms with van der Waals surface area (Å²) in [6.45, 7) is 0. The highest BCUT2D eigenvalue weighted by molar-refractivity contribution is 6.44. The van der Waals surface area contributed by atoms with Crippen LogP contribution in [0.15, 0.2) is 18.2 Å². The molecule has 0 aliphatic carbocycles. The van der Waals surface area contributed by atoms with E-state index in [0.717, 1.165) is 17.4 Å². The van der Waals surface area contributed by atoms with Crippen molar-refractivity contribution in [3.05, 3.63) is 28.2 Å². The summed E-state index contributed by atoms with van der Waals surface area (Å²) in [6.07, 6.45) is -5.63. The maximum atomic E-state index is 13.6. The molecular formula is C13H5Cl2F12NO. The van der Waals surface area contributed by atoms with Crippen LogP contribution in [0.5, 0.6) is 0 Å². The number of halogens is 14. The van der Waals surface area contributed by atoms with Crippen LogP contribution in [0.3, 0.4) is 0 Å². The lowest BCUT2D eigenvalue weighted by molar-refractivity contribution is -0.406. The minimum absolute atomic E-state index is 0.451. The number of hydrogen-bond donors (Lipinski definition) is 1. The van der Waals surface area contributed by atoms with Gasteiger partial charge in [-0.15, -0.1) is 0 Å². The fourth-order valence-corrected chi connectivity index (χ4v) is 2.03. The average molecular weight is 490 g/mol. The van der Waals surface area contributed by atoms with Crippen molar-refractivity contribution in [2.24, 2.45) is 0 Å². The fourth-order valence-electron chi connectivity index (χ4n) is 1.68. The maximum absolute atomic E-state index is 13.6. The Bertz CT molecular complexity index is 783. The molecule has 2 nitrogen and oxygen atoms in total. The quantitative estimate of drug-likeness (QED) is 0.443. The van der Waals surface area contributed by atoms with Crippen LogP contribution < -0.4 is 5.32 Å². The standard InChI is InChI=1S/C13H5Cl2F12NO/c14-4-2-1-3-5(6(4)15)28-8(29)10(20,21)12(24,25)13(26,27)11(22,23)9(18,19)7(16)17/h1-3,7H,(H,28,29). The molecule has 1 rings (SSSR count). The van der Waals surface area contributed by atoms with Gasteiger partial charge < -0.3 is 5.32 Å². The van der Waals surface area contributed by atoms with Gasteiger partial charge in [-0.05, 0) is 12.1 Å². The molecule has 0 aliphatic rings. The van der Waals surface area contributed by atoms with E-state index in [1.807, 2.05) is 0 Å². The van der Waals surface area contributed by atoms with Gasteiger partial charge in [0.2, 0.25) is 0 Å². The van der Waals surface area contributed by atoms with Gasteiger partial charge in [0.25, 0.3) is 0 Å². The Labute approximate surface area is 162 Å². The first-order valence-electron chi connectivity index (χ1n) is 6.69. The van der Waals surface area contributed by atoms with E-state index in [-0.39, 0.29) is 0 Å². The van der Waals surface area contributed by atoms with Crippen LogP contribution in [-0.2, 0) is 4.79 Å². The van der Waals surface area contributed by atoms with E-state index in [1.54, 1.807) is 0 Å². The van der Waals surface area contributed by atoms with Crippen molar-refractivity contribution in [3.63, 3.8) is 0 Å². The van der Waals surface area contributed by atoms with Gasteiger partial charge >= 0.3 is 41.9 Å². The smallest absolute Gasteiger partial charge is 0.319 e. The van der Waals surface area contributed by atoms with Gasteiger partial charge in [0.1, 0.15) is 0 Å². The maximum Gasteiger partial charge on any atom is 0.393 e. The summed E-state index contributed by atoms with van der Waals surface area (Å²) in [7, 11) is 0. The van der Waals surface area contributed by atoms with Crippen LogP contribution >= 0.6 is 23.2 Å². The predicted octanol–water partition coefficient (Wildman–Crippen LogP) is 6.37. The van der Waals surface area contributed by atoms with Crippen LogP contribution in [0.1, 0.15) is 0 Å². The molecule has 166 valence electrons. The molecule has 0 aromatic heterocycles. The SMILES string of the molecule is O=C(Nc1cccc(Cl)c1Cl)C(F)(F)C(F)(F)C(F)(F)C(F)(F)C(F)(F)C(F)F. The summed E-state index contributed by atoms with van der Waals surface area (Å²) in [6, 6.07) is 2.57. The highest BCUT2D eigenvalue weighted by Gasteiger charge is 2.89. The molecule has 16 heteroatoms. The Morgan fingerprint density at radius 1 is 0.828 bits per heavy atom. The normalized spacial score (nSPS) is 14.3. The predicted molar refractivity (Wildman–Crippen MR) is 75.8 cm³/mol. The van der Waals surface area contributed by atoms with E-state index in [1.165, 1.54) is 0 Å². The second-order valence-electron chi connectivity index (χ2n) is 5.28. The zero-order chi connectivity index (χ0) is 23.2. The lowest BCUT2D eigenvalue weighted by atomic mass is 9.94. The van der Waals surface area contributed by atoms with Gasteiger partial charge in [-0.2, -0.15) is 43.9 Å². The van der Waals surface area contributed by atoms with Gasteiger partial charge in [-0.3, -0.25) is 4.79 Å². The molecule has 0 aliphatic heterocycles. The average Bonchev–Trinajstić information content (AvgIpc) is 2.57. The minimum atomic E-state index is -7.81. The van der Waals surface area contributed by atoms with Gasteiger partial charge in [0.15, 0.2) is 0 Å². The van der Waals surface area contributed by atoms with E-state index in [4.69, 9.17) is 23.2 Å². The third-order valence-electron chi connectivity index (χ3n) is 3.36. The zero-order valence-electron chi connectivity index (χ0n) is 13.0. The van der Waals surface area contributed by atoms with Crippen molar-refractivity contribution < 1.29 is 57.5 Å². The number of anilines is 1. The molecule has 0 heterocycles. The summed E-state index contributed by atoms with van der Waals surface area (Å²) >= 11 is 10.9. The highest BCUT2D eigenvalue weighted by Crippen LogP contribution is 2.58. The van der Waals surface area contributed by atoms with Gasteiger partial charge in [-0.25, -0.2) is 8.78 Å². The number of carbonyl (C=O) groups is 1. The fraction of sp³-hybridized carbons (Fsp3) is 0.462. The van der Waals surface area contributed by atoms with Gasteiger partial charge in [-0.1, -0.05) is 29.3 Å². The topological polar surface area (TPSA) is 29.1 Å². The molecule has 0 atom stereocenters. The van der Waals surface area contributed by atoms with E-state index in [2.05, 4.69) is 0 Å². The lowest BCUT2D eigenvalue weighted by Gasteiger charge is -2.38. The van der Waals surface area contributed by atoms with Crippen molar-refractivity contribution in [2.75, 3.05) is 5.32 Å². The molecular weight excluding hydrogens is 485 g/mol. The molecule has 0 unspecified atom stereocenters. The Kier molecular flexibility index (Phi) is 6.67. The second-order valence-corrected chi connectivity index (χ2v) is 6.06. The van der Waals surface area contributed by atoms with E-state index in [9.17, 15) is 57.5 Å². The van der Waals surface area contributed by atoms with Crippen LogP contribution in [-0.4, -0.2) is 41.9 Å². The van der Waals surface area contributed by atoms with E-state index < -0.39 is 57.7 Å². The van der Waals surface area contributed by atoms with Crippen LogP contribution in [0.25, 0.3) is 0 Å². The Hall–Kier alpha value is -1.57. The lowest BCUT2D eigenvalue weighted by Crippen LogP contribution is -2.70. The van der Waals surface area contributed by atoms with Crippen molar-refractivity contribution in [2.45, 2.75) is 36.0 Å². The number of rotatable bonds is 7. The Balaban J connectivity index is 3.40. The van der Waals surface area contributed by atoms with Crippen molar-refractivity contribution in [1.82, 2.24) is 0 Å². The van der Waals surface area contributed by atoms with Crippen molar-refractivity contribution in [1.29, 1.82) is 0 Å². The summed E-state index contributed by atoms with van der Waals surface area (Å²) in [5, 5.41) is -0.329. The Morgan fingerprint density at radius 3 is 1.76 bits per heavy atom. The molecule has 0 fully saturated rings. The molecule has 1 aromatic carbocycles. The summed E-state index contributed by atoms with van der Waals surface area (Å²) < 4.78 is 157. The third kappa shape index (κ3) is 3.80. The molecule has 0 radical (unpaired) electrons. The molecule has 0 bridgehead atoms. The molecule has 29 heavy (non-hydrogen) atoms. The van der Waals surface area contributed by atoms with E-state index in [0.29, 0.717) is 6.07 Å².